The summed E-state index contributed by atoms with van der Waals surface area (Å²) in [5.74, 6) is 1.80. The van der Waals surface area contributed by atoms with Crippen LogP contribution in [0.2, 0.25) is 19.6 Å². The van der Waals surface area contributed by atoms with Crippen molar-refractivity contribution in [1.29, 1.82) is 0 Å². The highest BCUT2D eigenvalue weighted by molar-refractivity contribution is 7.75. The van der Waals surface area contributed by atoms with Crippen LogP contribution in [0.15, 0.2) is 29.0 Å². The summed E-state index contributed by atoms with van der Waals surface area (Å²) in [7, 11) is -4.08. The molecular weight excluding hydrogens is 255 g/mol. The Balaban J connectivity index is 2.99. The van der Waals surface area contributed by atoms with E-state index in [0.29, 0.717) is 6.61 Å². The number of rotatable bonds is 5. The van der Waals surface area contributed by atoms with Crippen molar-refractivity contribution < 1.29 is 9.09 Å². The van der Waals surface area contributed by atoms with Crippen LogP contribution >= 0.6 is 18.7 Å². The van der Waals surface area contributed by atoms with Crippen LogP contribution in [0.1, 0.15) is 6.92 Å². The van der Waals surface area contributed by atoms with Gasteiger partial charge in [0.2, 0.25) is 0 Å². The second-order valence-corrected chi connectivity index (χ2v) is 13.2. The molecule has 0 amide bonds. The molecule has 0 saturated heterocycles. The van der Waals surface area contributed by atoms with Gasteiger partial charge in [-0.1, -0.05) is 31.4 Å². The van der Waals surface area contributed by atoms with Crippen LogP contribution in [0.25, 0.3) is 0 Å². The summed E-state index contributed by atoms with van der Waals surface area (Å²) in [4.78, 5) is 0. The minimum Gasteiger partial charge on any atom is -0.322 e. The smallest absolute Gasteiger partial charge is 0.263 e. The van der Waals surface area contributed by atoms with Gasteiger partial charge in [-0.15, -0.1) is 11.3 Å². The van der Waals surface area contributed by atoms with E-state index in [4.69, 9.17) is 4.52 Å². The predicted octanol–water partition coefficient (Wildman–Crippen LogP) is 4.08. The lowest BCUT2D eigenvalue weighted by Crippen LogP contribution is -2.16. The monoisotopic (exact) mass is 274 g/mol. The maximum Gasteiger partial charge on any atom is 0.263 e. The molecule has 1 atom stereocenters. The van der Waals surface area contributed by atoms with Crippen LogP contribution in [0.3, 0.4) is 0 Å². The lowest BCUT2D eigenvalue weighted by Gasteiger charge is -2.14. The van der Waals surface area contributed by atoms with Crippen molar-refractivity contribution in [3.63, 3.8) is 0 Å². The summed E-state index contributed by atoms with van der Waals surface area (Å²) in [5, 5.41) is 1.93. The molecule has 0 aliphatic rings. The van der Waals surface area contributed by atoms with E-state index < -0.39 is 15.4 Å². The van der Waals surface area contributed by atoms with E-state index in [1.807, 2.05) is 24.4 Å². The van der Waals surface area contributed by atoms with Gasteiger partial charge in [-0.3, -0.25) is 4.57 Å². The van der Waals surface area contributed by atoms with Crippen LogP contribution in [0.5, 0.6) is 0 Å². The zero-order chi connectivity index (χ0) is 12.2. The SMILES string of the molecule is CCOP(=O)(/C=C/[Si](C)(C)C)c1cccs1. The third kappa shape index (κ3) is 4.02. The Kier molecular flexibility index (Phi) is 4.74. The van der Waals surface area contributed by atoms with Crippen LogP contribution in [-0.2, 0) is 9.09 Å². The molecule has 0 aliphatic heterocycles. The first-order chi connectivity index (χ1) is 7.37. The van der Waals surface area contributed by atoms with E-state index in [1.165, 1.54) is 11.3 Å². The Hall–Kier alpha value is -0.153. The van der Waals surface area contributed by atoms with Crippen molar-refractivity contribution in [2.24, 2.45) is 0 Å². The Labute approximate surface area is 103 Å². The summed E-state index contributed by atoms with van der Waals surface area (Å²) in [6, 6.07) is 3.80. The molecule has 1 aromatic heterocycles. The third-order valence-electron chi connectivity index (χ3n) is 1.91. The van der Waals surface area contributed by atoms with E-state index >= 15 is 0 Å². The summed E-state index contributed by atoms with van der Waals surface area (Å²) < 4.78 is 19.0. The summed E-state index contributed by atoms with van der Waals surface area (Å²) in [5.41, 5.74) is 2.10. The van der Waals surface area contributed by atoms with E-state index in [9.17, 15) is 4.57 Å². The molecule has 1 rings (SSSR count). The second kappa shape index (κ2) is 5.45. The molecule has 0 radical (unpaired) electrons. The number of hydrogen-bond acceptors (Lipinski definition) is 3. The van der Waals surface area contributed by atoms with Crippen LogP contribution in [0.4, 0.5) is 0 Å². The lowest BCUT2D eigenvalue weighted by atomic mass is 10.7. The minimum atomic E-state index is -2.75. The van der Waals surface area contributed by atoms with Gasteiger partial charge in [0.1, 0.15) is 0 Å². The van der Waals surface area contributed by atoms with Gasteiger partial charge in [-0.05, 0) is 24.2 Å². The van der Waals surface area contributed by atoms with Crippen molar-refractivity contribution in [1.82, 2.24) is 0 Å². The molecule has 2 nitrogen and oxygen atoms in total. The maximum atomic E-state index is 12.6. The van der Waals surface area contributed by atoms with Crippen LogP contribution < -0.4 is 4.62 Å². The highest BCUT2D eigenvalue weighted by Crippen LogP contribution is 2.48. The van der Waals surface area contributed by atoms with Gasteiger partial charge in [0.15, 0.2) is 0 Å². The van der Waals surface area contributed by atoms with E-state index in [2.05, 4.69) is 25.3 Å². The zero-order valence-corrected chi connectivity index (χ0v) is 13.0. The summed E-state index contributed by atoms with van der Waals surface area (Å²) in [6.45, 7) is 9.00. The van der Waals surface area contributed by atoms with Crippen LogP contribution in [-0.4, -0.2) is 14.7 Å². The first-order valence-corrected chi connectivity index (χ1v) is 11.5. The molecule has 0 aromatic carbocycles. The largest absolute Gasteiger partial charge is 0.322 e. The first kappa shape index (κ1) is 13.9. The standard InChI is InChI=1S/C11H19O2PSSi/c1-5-13-14(12,8-10-16(2,3)4)11-7-6-9-15-11/h6-10H,5H2,1-4H3/b10-8+. The van der Waals surface area contributed by atoms with E-state index in [-0.39, 0.29) is 0 Å². The summed E-state index contributed by atoms with van der Waals surface area (Å²) >= 11 is 1.50. The Morgan fingerprint density at radius 2 is 2.19 bits per heavy atom. The highest BCUT2D eigenvalue weighted by Gasteiger charge is 2.24. The van der Waals surface area contributed by atoms with Gasteiger partial charge in [0.05, 0.1) is 19.3 Å². The molecule has 5 heteroatoms. The minimum absolute atomic E-state index is 0.477. The van der Waals surface area contributed by atoms with Gasteiger partial charge >= 0.3 is 0 Å². The third-order valence-corrected chi connectivity index (χ3v) is 7.05. The molecule has 1 unspecified atom stereocenters. The van der Waals surface area contributed by atoms with Crippen molar-refractivity contribution in [3.8, 4) is 0 Å². The first-order valence-electron chi connectivity index (χ1n) is 5.36. The van der Waals surface area contributed by atoms with Crippen molar-refractivity contribution in [2.45, 2.75) is 26.6 Å². The van der Waals surface area contributed by atoms with Crippen molar-refractivity contribution >= 4 is 31.4 Å². The Bertz CT molecular complexity index is 393. The average molecular weight is 274 g/mol. The molecular formula is C11H19O2PSSi. The van der Waals surface area contributed by atoms with E-state index in [0.717, 1.165) is 4.62 Å². The normalized spacial score (nSPS) is 16.5. The van der Waals surface area contributed by atoms with Gasteiger partial charge in [0.25, 0.3) is 7.37 Å². The molecule has 16 heavy (non-hydrogen) atoms. The molecule has 0 aliphatic carbocycles. The fourth-order valence-electron chi connectivity index (χ4n) is 1.14. The van der Waals surface area contributed by atoms with Gasteiger partial charge in [0, 0.05) is 0 Å². The highest BCUT2D eigenvalue weighted by atomic mass is 32.1. The molecule has 0 N–H and O–H groups in total. The number of hydrogen-bond donors (Lipinski definition) is 0. The molecule has 1 aromatic rings. The van der Waals surface area contributed by atoms with Gasteiger partial charge in [-0.25, -0.2) is 0 Å². The zero-order valence-electron chi connectivity index (χ0n) is 10.3. The topological polar surface area (TPSA) is 26.3 Å². The van der Waals surface area contributed by atoms with Gasteiger partial charge < -0.3 is 4.52 Å². The molecule has 1 heterocycles. The fourth-order valence-corrected chi connectivity index (χ4v) is 6.32. The van der Waals surface area contributed by atoms with E-state index in [1.54, 1.807) is 5.82 Å². The predicted molar refractivity (Wildman–Crippen MR) is 75.7 cm³/mol. The van der Waals surface area contributed by atoms with Crippen molar-refractivity contribution in [2.75, 3.05) is 6.61 Å². The molecule has 0 bridgehead atoms. The number of thiophene rings is 1. The van der Waals surface area contributed by atoms with Gasteiger partial charge in [-0.2, -0.15) is 0 Å². The summed E-state index contributed by atoms with van der Waals surface area (Å²) in [6.07, 6.45) is 0. The lowest BCUT2D eigenvalue weighted by molar-refractivity contribution is 0.348. The molecule has 0 spiro atoms. The molecule has 90 valence electrons. The van der Waals surface area contributed by atoms with Crippen molar-refractivity contribution in [3.05, 3.63) is 29.0 Å². The maximum absolute atomic E-state index is 12.6. The second-order valence-electron chi connectivity index (χ2n) is 4.65. The fraction of sp³-hybridized carbons (Fsp3) is 0.455. The average Bonchev–Trinajstić information content (AvgIpc) is 2.67. The quantitative estimate of drug-likeness (QED) is 0.597. The Morgan fingerprint density at radius 3 is 2.62 bits per heavy atom. The molecule has 0 saturated carbocycles. The Morgan fingerprint density at radius 1 is 1.50 bits per heavy atom. The molecule has 0 fully saturated rings. The van der Waals surface area contributed by atoms with Crippen LogP contribution in [0, 0.1) is 0 Å².